The lowest BCUT2D eigenvalue weighted by molar-refractivity contribution is -0.139. The number of methoxy groups -OCH3 is 1. The summed E-state index contributed by atoms with van der Waals surface area (Å²) < 4.78 is 6.26. The molecule has 0 unspecified atom stereocenters. The van der Waals surface area contributed by atoms with E-state index in [1.807, 2.05) is 6.07 Å². The molecule has 0 amide bonds. The SMILES string of the molecule is COC(=O)[C@@H](C)Sc1nc2ccccc2c(=O)n1-c1ccc(Cl)cc1. The van der Waals surface area contributed by atoms with Gasteiger partial charge in [0.2, 0.25) is 0 Å². The van der Waals surface area contributed by atoms with Crippen molar-refractivity contribution in [2.45, 2.75) is 17.3 Å². The molecule has 0 bridgehead atoms. The second-order valence-electron chi connectivity index (χ2n) is 5.31. The number of hydrogen-bond donors (Lipinski definition) is 0. The van der Waals surface area contributed by atoms with Crippen molar-refractivity contribution in [1.82, 2.24) is 9.55 Å². The molecular formula is C18H15ClN2O3S. The highest BCUT2D eigenvalue weighted by molar-refractivity contribution is 8.00. The molecule has 0 saturated carbocycles. The number of carbonyl (C=O) groups is 1. The van der Waals surface area contributed by atoms with Gasteiger partial charge in [-0.3, -0.25) is 14.2 Å². The highest BCUT2D eigenvalue weighted by atomic mass is 35.5. The van der Waals surface area contributed by atoms with Crippen molar-refractivity contribution in [3.05, 3.63) is 63.9 Å². The monoisotopic (exact) mass is 374 g/mol. The number of thioether (sulfide) groups is 1. The van der Waals surface area contributed by atoms with Crippen LogP contribution in [0, 0.1) is 0 Å². The van der Waals surface area contributed by atoms with Gasteiger partial charge in [0.1, 0.15) is 5.25 Å². The van der Waals surface area contributed by atoms with Crippen LogP contribution in [0.5, 0.6) is 0 Å². The molecule has 3 rings (SSSR count). The first-order valence-electron chi connectivity index (χ1n) is 7.53. The highest BCUT2D eigenvalue weighted by Crippen LogP contribution is 2.26. The summed E-state index contributed by atoms with van der Waals surface area (Å²) in [6.45, 7) is 1.71. The van der Waals surface area contributed by atoms with Crippen LogP contribution in [-0.4, -0.2) is 27.9 Å². The Labute approximate surface area is 153 Å². The number of para-hydroxylation sites is 1. The van der Waals surface area contributed by atoms with Gasteiger partial charge in [-0.25, -0.2) is 4.98 Å². The molecule has 0 saturated heterocycles. The largest absolute Gasteiger partial charge is 0.468 e. The van der Waals surface area contributed by atoms with Crippen LogP contribution in [0.25, 0.3) is 16.6 Å². The molecule has 0 N–H and O–H groups in total. The number of hydrogen-bond acceptors (Lipinski definition) is 5. The quantitative estimate of drug-likeness (QED) is 0.396. The van der Waals surface area contributed by atoms with E-state index in [1.165, 1.54) is 23.4 Å². The van der Waals surface area contributed by atoms with Gasteiger partial charge in [-0.05, 0) is 43.3 Å². The molecule has 25 heavy (non-hydrogen) atoms. The summed E-state index contributed by atoms with van der Waals surface area (Å²) in [5.41, 5.74) is 1.01. The fourth-order valence-corrected chi connectivity index (χ4v) is 3.46. The molecule has 128 valence electrons. The Morgan fingerprint density at radius 1 is 1.20 bits per heavy atom. The van der Waals surface area contributed by atoms with Crippen molar-refractivity contribution in [3.8, 4) is 5.69 Å². The van der Waals surface area contributed by atoms with E-state index in [4.69, 9.17) is 16.3 Å². The summed E-state index contributed by atoms with van der Waals surface area (Å²) in [4.78, 5) is 29.4. The van der Waals surface area contributed by atoms with Gasteiger partial charge in [0.25, 0.3) is 5.56 Å². The average Bonchev–Trinajstić information content (AvgIpc) is 2.62. The molecule has 7 heteroatoms. The lowest BCUT2D eigenvalue weighted by Crippen LogP contribution is -2.24. The lowest BCUT2D eigenvalue weighted by atomic mass is 10.2. The first-order valence-corrected chi connectivity index (χ1v) is 8.79. The van der Waals surface area contributed by atoms with E-state index < -0.39 is 5.25 Å². The number of halogens is 1. The smallest absolute Gasteiger partial charge is 0.318 e. The number of benzene rings is 2. The zero-order valence-electron chi connectivity index (χ0n) is 13.6. The van der Waals surface area contributed by atoms with Crippen LogP contribution in [0.4, 0.5) is 0 Å². The number of carbonyl (C=O) groups excluding carboxylic acids is 1. The third-order valence-electron chi connectivity index (χ3n) is 3.65. The van der Waals surface area contributed by atoms with Crippen LogP contribution in [-0.2, 0) is 9.53 Å². The van der Waals surface area contributed by atoms with Crippen molar-refractivity contribution in [2.75, 3.05) is 7.11 Å². The second-order valence-corrected chi connectivity index (χ2v) is 7.06. The molecule has 0 radical (unpaired) electrons. The Morgan fingerprint density at radius 3 is 2.56 bits per heavy atom. The third kappa shape index (κ3) is 3.55. The average molecular weight is 375 g/mol. The van der Waals surface area contributed by atoms with E-state index in [-0.39, 0.29) is 11.5 Å². The predicted octanol–water partition coefficient (Wildman–Crippen LogP) is 3.69. The molecule has 5 nitrogen and oxygen atoms in total. The van der Waals surface area contributed by atoms with E-state index in [0.29, 0.717) is 26.8 Å². The Hall–Kier alpha value is -2.31. The van der Waals surface area contributed by atoms with E-state index in [0.717, 1.165) is 0 Å². The Bertz CT molecular complexity index is 986. The van der Waals surface area contributed by atoms with Gasteiger partial charge in [0.15, 0.2) is 5.16 Å². The minimum Gasteiger partial charge on any atom is -0.468 e. The number of ether oxygens (including phenoxy) is 1. The van der Waals surface area contributed by atoms with Gasteiger partial charge in [0.05, 0.1) is 23.7 Å². The predicted molar refractivity (Wildman–Crippen MR) is 99.7 cm³/mol. The number of fused-ring (bicyclic) bond motifs is 1. The molecular weight excluding hydrogens is 360 g/mol. The van der Waals surface area contributed by atoms with Crippen molar-refractivity contribution >= 4 is 40.2 Å². The molecule has 0 aliphatic heterocycles. The third-order valence-corrected chi connectivity index (χ3v) is 4.93. The van der Waals surface area contributed by atoms with Crippen molar-refractivity contribution in [1.29, 1.82) is 0 Å². The maximum atomic E-state index is 13.0. The van der Waals surface area contributed by atoms with Gasteiger partial charge in [-0.2, -0.15) is 0 Å². The molecule has 1 atom stereocenters. The van der Waals surface area contributed by atoms with Gasteiger partial charge in [-0.15, -0.1) is 0 Å². The van der Waals surface area contributed by atoms with Crippen LogP contribution in [0.3, 0.4) is 0 Å². The lowest BCUT2D eigenvalue weighted by Gasteiger charge is -2.15. The maximum Gasteiger partial charge on any atom is 0.318 e. The number of nitrogens with zero attached hydrogens (tertiary/aromatic N) is 2. The molecule has 2 aromatic carbocycles. The van der Waals surface area contributed by atoms with Gasteiger partial charge < -0.3 is 4.74 Å². The zero-order valence-corrected chi connectivity index (χ0v) is 15.2. The number of rotatable bonds is 4. The molecule has 0 spiro atoms. The normalized spacial score (nSPS) is 12.1. The topological polar surface area (TPSA) is 61.2 Å². The molecule has 3 aromatic rings. The summed E-state index contributed by atoms with van der Waals surface area (Å²) in [7, 11) is 1.33. The van der Waals surface area contributed by atoms with Crippen LogP contribution in [0.2, 0.25) is 5.02 Å². The van der Waals surface area contributed by atoms with Gasteiger partial charge in [-0.1, -0.05) is 35.5 Å². The Morgan fingerprint density at radius 2 is 1.88 bits per heavy atom. The van der Waals surface area contributed by atoms with E-state index in [9.17, 15) is 9.59 Å². The summed E-state index contributed by atoms with van der Waals surface area (Å²) >= 11 is 7.12. The standard InChI is InChI=1S/C18H15ClN2O3S/c1-11(17(23)24-2)25-18-20-15-6-4-3-5-14(15)16(22)21(18)13-9-7-12(19)8-10-13/h3-11H,1-2H3/t11-/m1/s1. The van der Waals surface area contributed by atoms with Crippen LogP contribution in [0.1, 0.15) is 6.92 Å². The maximum absolute atomic E-state index is 13.0. The number of esters is 1. The number of aromatic nitrogens is 2. The summed E-state index contributed by atoms with van der Waals surface area (Å²) in [6.07, 6.45) is 0. The zero-order chi connectivity index (χ0) is 18.0. The van der Waals surface area contributed by atoms with Crippen LogP contribution < -0.4 is 5.56 Å². The van der Waals surface area contributed by atoms with Crippen LogP contribution in [0.15, 0.2) is 58.5 Å². The first-order chi connectivity index (χ1) is 12.0. The first kappa shape index (κ1) is 17.5. The summed E-state index contributed by atoms with van der Waals surface area (Å²) in [5, 5.41) is 0.996. The fraction of sp³-hybridized carbons (Fsp3) is 0.167. The molecule has 0 fully saturated rings. The van der Waals surface area contributed by atoms with Gasteiger partial charge in [0, 0.05) is 5.02 Å². The molecule has 1 aromatic heterocycles. The van der Waals surface area contributed by atoms with Crippen LogP contribution >= 0.6 is 23.4 Å². The van der Waals surface area contributed by atoms with Gasteiger partial charge >= 0.3 is 5.97 Å². The van der Waals surface area contributed by atoms with E-state index in [2.05, 4.69) is 4.98 Å². The molecule has 0 aliphatic rings. The Balaban J connectivity index is 2.22. The minimum absolute atomic E-state index is 0.201. The highest BCUT2D eigenvalue weighted by Gasteiger charge is 2.20. The summed E-state index contributed by atoms with van der Waals surface area (Å²) in [6, 6.07) is 14.0. The Kier molecular flexibility index (Phi) is 5.11. The minimum atomic E-state index is -0.503. The van der Waals surface area contributed by atoms with Crippen molar-refractivity contribution < 1.29 is 9.53 Å². The summed E-state index contributed by atoms with van der Waals surface area (Å²) in [5.74, 6) is -0.380. The van der Waals surface area contributed by atoms with Crippen molar-refractivity contribution in [2.24, 2.45) is 0 Å². The molecule has 0 aliphatic carbocycles. The fourth-order valence-electron chi connectivity index (χ4n) is 2.38. The van der Waals surface area contributed by atoms with E-state index in [1.54, 1.807) is 49.4 Å². The molecule has 1 heterocycles. The van der Waals surface area contributed by atoms with Crippen molar-refractivity contribution in [3.63, 3.8) is 0 Å². The van der Waals surface area contributed by atoms with E-state index >= 15 is 0 Å². The second kappa shape index (κ2) is 7.29.